The van der Waals surface area contributed by atoms with Crippen molar-refractivity contribution in [1.82, 2.24) is 14.5 Å². The van der Waals surface area contributed by atoms with Crippen LogP contribution in [0.4, 0.5) is 0 Å². The standard InChI is InChI=1S/C14H20ClN3O3/c1-19-9-10-21-8-7-18-12(5-6-15)16-11-3-4-13(20-2)17-14(11)18/h3-4H,5-10H2,1-2H3. The van der Waals surface area contributed by atoms with Crippen molar-refractivity contribution in [3.05, 3.63) is 18.0 Å². The van der Waals surface area contributed by atoms with Crippen LogP contribution in [0.25, 0.3) is 11.2 Å². The minimum atomic E-state index is 0.519. The lowest BCUT2D eigenvalue weighted by Gasteiger charge is -2.09. The molecule has 0 spiro atoms. The lowest BCUT2D eigenvalue weighted by atomic mass is 10.4. The third-order valence-electron chi connectivity index (χ3n) is 3.06. The Morgan fingerprint density at radius 3 is 2.71 bits per heavy atom. The highest BCUT2D eigenvalue weighted by molar-refractivity contribution is 6.17. The van der Waals surface area contributed by atoms with E-state index in [1.807, 2.05) is 10.6 Å². The predicted octanol–water partition coefficient (Wildman–Crippen LogP) is 1.88. The van der Waals surface area contributed by atoms with Gasteiger partial charge in [0.15, 0.2) is 5.65 Å². The fourth-order valence-electron chi connectivity index (χ4n) is 2.06. The summed E-state index contributed by atoms with van der Waals surface area (Å²) in [5.41, 5.74) is 1.64. The molecular formula is C14H20ClN3O3. The molecule has 0 fully saturated rings. The van der Waals surface area contributed by atoms with E-state index in [1.165, 1.54) is 0 Å². The molecule has 0 saturated carbocycles. The molecule has 0 N–H and O–H groups in total. The summed E-state index contributed by atoms with van der Waals surface area (Å²) < 4.78 is 17.7. The number of hydrogen-bond acceptors (Lipinski definition) is 5. The molecule has 2 aromatic heterocycles. The number of halogens is 1. The normalized spacial score (nSPS) is 11.2. The zero-order chi connectivity index (χ0) is 15.1. The number of aryl methyl sites for hydroxylation is 1. The maximum Gasteiger partial charge on any atom is 0.215 e. The molecule has 0 atom stereocenters. The van der Waals surface area contributed by atoms with Gasteiger partial charge in [0.1, 0.15) is 11.3 Å². The van der Waals surface area contributed by atoms with Gasteiger partial charge in [-0.2, -0.15) is 4.98 Å². The number of pyridine rings is 1. The van der Waals surface area contributed by atoms with Crippen molar-refractivity contribution < 1.29 is 14.2 Å². The summed E-state index contributed by atoms with van der Waals surface area (Å²) in [5, 5.41) is 0. The molecule has 0 radical (unpaired) electrons. The number of methoxy groups -OCH3 is 2. The van der Waals surface area contributed by atoms with Crippen molar-refractivity contribution >= 4 is 22.8 Å². The van der Waals surface area contributed by atoms with Crippen LogP contribution in [0.15, 0.2) is 12.1 Å². The molecule has 2 aromatic rings. The van der Waals surface area contributed by atoms with Gasteiger partial charge in [-0.25, -0.2) is 4.98 Å². The first-order valence-electron chi connectivity index (χ1n) is 6.83. The average Bonchev–Trinajstić information content (AvgIpc) is 2.84. The number of ether oxygens (including phenoxy) is 3. The number of rotatable bonds is 9. The molecule has 116 valence electrons. The summed E-state index contributed by atoms with van der Waals surface area (Å²) in [7, 11) is 3.25. The quantitative estimate of drug-likeness (QED) is 0.522. The van der Waals surface area contributed by atoms with Gasteiger partial charge in [0.2, 0.25) is 5.88 Å². The molecule has 0 bridgehead atoms. The lowest BCUT2D eigenvalue weighted by Crippen LogP contribution is -2.12. The molecular weight excluding hydrogens is 294 g/mol. The Bertz CT molecular complexity index is 574. The predicted molar refractivity (Wildman–Crippen MR) is 81.2 cm³/mol. The monoisotopic (exact) mass is 313 g/mol. The first kappa shape index (κ1) is 16.0. The van der Waals surface area contributed by atoms with E-state index in [0.29, 0.717) is 44.5 Å². The molecule has 0 amide bonds. The summed E-state index contributed by atoms with van der Waals surface area (Å²) in [5.74, 6) is 2.00. The highest BCUT2D eigenvalue weighted by atomic mass is 35.5. The molecule has 0 unspecified atom stereocenters. The second-order valence-corrected chi connectivity index (χ2v) is 4.80. The number of alkyl halides is 1. The van der Waals surface area contributed by atoms with Gasteiger partial charge in [0.25, 0.3) is 0 Å². The summed E-state index contributed by atoms with van der Waals surface area (Å²) in [6, 6.07) is 3.71. The second-order valence-electron chi connectivity index (χ2n) is 4.42. The number of fused-ring (bicyclic) bond motifs is 1. The Hall–Kier alpha value is -1.37. The van der Waals surface area contributed by atoms with Gasteiger partial charge in [-0.3, -0.25) is 0 Å². The number of aromatic nitrogens is 3. The number of imidazole rings is 1. The first-order valence-corrected chi connectivity index (χ1v) is 7.36. The molecule has 0 saturated heterocycles. The van der Waals surface area contributed by atoms with Crippen molar-refractivity contribution in [2.24, 2.45) is 0 Å². The van der Waals surface area contributed by atoms with Crippen molar-refractivity contribution in [3.8, 4) is 5.88 Å². The Balaban J connectivity index is 2.18. The highest BCUT2D eigenvalue weighted by Gasteiger charge is 2.12. The van der Waals surface area contributed by atoms with E-state index in [4.69, 9.17) is 25.8 Å². The molecule has 2 heterocycles. The Morgan fingerprint density at radius 2 is 2.00 bits per heavy atom. The van der Waals surface area contributed by atoms with Crippen LogP contribution in [-0.2, 0) is 22.4 Å². The molecule has 0 aliphatic rings. The van der Waals surface area contributed by atoms with E-state index < -0.39 is 0 Å². The van der Waals surface area contributed by atoms with Gasteiger partial charge in [-0.05, 0) is 6.07 Å². The minimum Gasteiger partial charge on any atom is -0.481 e. The van der Waals surface area contributed by atoms with Crippen LogP contribution in [0.1, 0.15) is 5.82 Å². The van der Waals surface area contributed by atoms with E-state index in [1.54, 1.807) is 20.3 Å². The van der Waals surface area contributed by atoms with E-state index in [0.717, 1.165) is 17.0 Å². The zero-order valence-corrected chi connectivity index (χ0v) is 13.1. The van der Waals surface area contributed by atoms with E-state index in [9.17, 15) is 0 Å². The van der Waals surface area contributed by atoms with Crippen LogP contribution in [0, 0.1) is 0 Å². The van der Waals surface area contributed by atoms with E-state index in [-0.39, 0.29) is 0 Å². The van der Waals surface area contributed by atoms with Gasteiger partial charge in [0, 0.05) is 32.0 Å². The van der Waals surface area contributed by atoms with Crippen molar-refractivity contribution in [3.63, 3.8) is 0 Å². The van der Waals surface area contributed by atoms with Crippen LogP contribution in [-0.4, -0.2) is 54.5 Å². The first-order chi connectivity index (χ1) is 10.3. The molecule has 0 aliphatic carbocycles. The van der Waals surface area contributed by atoms with Gasteiger partial charge < -0.3 is 18.8 Å². The van der Waals surface area contributed by atoms with Crippen LogP contribution < -0.4 is 4.74 Å². The smallest absolute Gasteiger partial charge is 0.215 e. The van der Waals surface area contributed by atoms with Crippen LogP contribution >= 0.6 is 11.6 Å². The third kappa shape index (κ3) is 4.06. The Kier molecular flexibility index (Phi) is 6.22. The maximum atomic E-state index is 5.85. The Labute approximate surface area is 129 Å². The lowest BCUT2D eigenvalue weighted by molar-refractivity contribution is 0.0666. The van der Waals surface area contributed by atoms with Crippen molar-refractivity contribution in [2.75, 3.05) is 39.9 Å². The molecule has 21 heavy (non-hydrogen) atoms. The van der Waals surface area contributed by atoms with Crippen LogP contribution in [0.3, 0.4) is 0 Å². The van der Waals surface area contributed by atoms with Crippen molar-refractivity contribution in [1.29, 1.82) is 0 Å². The molecule has 6 nitrogen and oxygen atoms in total. The van der Waals surface area contributed by atoms with Crippen LogP contribution in [0.2, 0.25) is 0 Å². The molecule has 2 rings (SSSR count). The summed E-state index contributed by atoms with van der Waals surface area (Å²) >= 11 is 5.85. The largest absolute Gasteiger partial charge is 0.481 e. The molecule has 7 heteroatoms. The van der Waals surface area contributed by atoms with Gasteiger partial charge in [-0.1, -0.05) is 0 Å². The van der Waals surface area contributed by atoms with Gasteiger partial charge in [-0.15, -0.1) is 11.6 Å². The number of nitrogens with zero attached hydrogens (tertiary/aromatic N) is 3. The number of hydrogen-bond donors (Lipinski definition) is 0. The molecule has 0 aliphatic heterocycles. The summed E-state index contributed by atoms with van der Waals surface area (Å²) in [6.07, 6.45) is 0.693. The van der Waals surface area contributed by atoms with E-state index in [2.05, 4.69) is 9.97 Å². The Morgan fingerprint density at radius 1 is 1.14 bits per heavy atom. The SMILES string of the molecule is COCCOCCn1c(CCCl)nc2ccc(OC)nc21. The fraction of sp³-hybridized carbons (Fsp3) is 0.571. The second kappa shape index (κ2) is 8.17. The summed E-state index contributed by atoms with van der Waals surface area (Å²) in [4.78, 5) is 9.04. The average molecular weight is 314 g/mol. The third-order valence-corrected chi connectivity index (χ3v) is 3.25. The topological polar surface area (TPSA) is 58.4 Å². The fourth-order valence-corrected chi connectivity index (χ4v) is 2.22. The van der Waals surface area contributed by atoms with Gasteiger partial charge in [0.05, 0.1) is 26.9 Å². The zero-order valence-electron chi connectivity index (χ0n) is 12.3. The van der Waals surface area contributed by atoms with Gasteiger partial charge >= 0.3 is 0 Å². The highest BCUT2D eigenvalue weighted by Crippen LogP contribution is 2.18. The maximum absolute atomic E-state index is 5.85. The van der Waals surface area contributed by atoms with Crippen LogP contribution in [0.5, 0.6) is 5.88 Å². The minimum absolute atomic E-state index is 0.519. The van der Waals surface area contributed by atoms with Crippen molar-refractivity contribution in [2.45, 2.75) is 13.0 Å². The van der Waals surface area contributed by atoms with E-state index >= 15 is 0 Å². The molecule has 0 aromatic carbocycles. The summed E-state index contributed by atoms with van der Waals surface area (Å²) in [6.45, 7) is 2.41.